The van der Waals surface area contributed by atoms with Gasteiger partial charge in [-0.1, -0.05) is 12.1 Å². The second-order valence-electron chi connectivity index (χ2n) is 4.72. The van der Waals surface area contributed by atoms with Gasteiger partial charge in [-0.2, -0.15) is 0 Å². The summed E-state index contributed by atoms with van der Waals surface area (Å²) < 4.78 is 16.0. The highest BCUT2D eigenvalue weighted by Gasteiger charge is 2.09. The van der Waals surface area contributed by atoms with Crippen LogP contribution in [-0.4, -0.2) is 9.55 Å². The summed E-state index contributed by atoms with van der Waals surface area (Å²) in [6, 6.07) is 10.9. The minimum atomic E-state index is -0.251. The number of H-pyrrole nitrogens is 1. The van der Waals surface area contributed by atoms with Crippen molar-refractivity contribution in [2.45, 2.75) is 13.8 Å². The van der Waals surface area contributed by atoms with E-state index in [1.54, 1.807) is 0 Å². The Morgan fingerprint density at radius 1 is 1.16 bits per heavy atom. The molecular formula is C15H13FN2S. The first-order valence-electron chi connectivity index (χ1n) is 6.04. The normalized spacial score (nSPS) is 11.1. The SMILES string of the molecule is Cc1cc(F)cc(-n2c(=S)[nH]c3c(C)cccc32)c1. The summed E-state index contributed by atoms with van der Waals surface area (Å²) in [5.41, 5.74) is 4.71. The molecule has 4 heteroatoms. The fourth-order valence-corrected chi connectivity index (χ4v) is 2.68. The van der Waals surface area contributed by atoms with E-state index in [1.165, 1.54) is 12.1 Å². The number of benzene rings is 2. The van der Waals surface area contributed by atoms with Gasteiger partial charge >= 0.3 is 0 Å². The van der Waals surface area contributed by atoms with Crippen LogP contribution in [0.4, 0.5) is 4.39 Å². The van der Waals surface area contributed by atoms with Crippen LogP contribution in [0, 0.1) is 24.4 Å². The summed E-state index contributed by atoms with van der Waals surface area (Å²) in [6.07, 6.45) is 0. The van der Waals surface area contributed by atoms with Gasteiger partial charge in [0.05, 0.1) is 16.7 Å². The summed E-state index contributed by atoms with van der Waals surface area (Å²) >= 11 is 5.37. The van der Waals surface area contributed by atoms with Gasteiger partial charge in [0.15, 0.2) is 4.77 Å². The molecule has 0 aliphatic heterocycles. The Hall–Kier alpha value is -1.94. The molecule has 3 rings (SSSR count). The summed E-state index contributed by atoms with van der Waals surface area (Å²) in [5.74, 6) is -0.251. The van der Waals surface area contributed by atoms with Crippen LogP contribution in [0.25, 0.3) is 16.7 Å². The first-order chi connectivity index (χ1) is 9.06. The van der Waals surface area contributed by atoms with Crippen LogP contribution in [0.15, 0.2) is 36.4 Å². The number of aromatic nitrogens is 2. The number of para-hydroxylation sites is 1. The lowest BCUT2D eigenvalue weighted by Crippen LogP contribution is -1.95. The predicted octanol–water partition coefficient (Wildman–Crippen LogP) is 4.44. The highest BCUT2D eigenvalue weighted by molar-refractivity contribution is 7.71. The van der Waals surface area contributed by atoms with Gasteiger partial charge in [-0.05, 0) is 61.5 Å². The van der Waals surface area contributed by atoms with Crippen molar-refractivity contribution in [1.29, 1.82) is 0 Å². The Morgan fingerprint density at radius 2 is 1.95 bits per heavy atom. The Morgan fingerprint density at radius 3 is 2.68 bits per heavy atom. The Labute approximate surface area is 115 Å². The second kappa shape index (κ2) is 4.31. The van der Waals surface area contributed by atoms with Gasteiger partial charge < -0.3 is 4.98 Å². The minimum Gasteiger partial charge on any atom is -0.330 e. The molecule has 0 amide bonds. The van der Waals surface area contributed by atoms with E-state index in [-0.39, 0.29) is 5.82 Å². The number of hydrogen-bond donors (Lipinski definition) is 1. The van der Waals surface area contributed by atoms with Crippen LogP contribution in [0.2, 0.25) is 0 Å². The topological polar surface area (TPSA) is 20.7 Å². The zero-order valence-corrected chi connectivity index (χ0v) is 11.5. The Kier molecular flexibility index (Phi) is 2.75. The molecule has 0 saturated heterocycles. The van der Waals surface area contributed by atoms with Crippen molar-refractivity contribution < 1.29 is 4.39 Å². The maximum atomic E-state index is 13.6. The lowest BCUT2D eigenvalue weighted by molar-refractivity contribution is 0.625. The van der Waals surface area contributed by atoms with Crippen molar-refractivity contribution in [1.82, 2.24) is 9.55 Å². The molecule has 1 heterocycles. The highest BCUT2D eigenvalue weighted by Crippen LogP contribution is 2.23. The number of fused-ring (bicyclic) bond motifs is 1. The molecule has 1 N–H and O–H groups in total. The third-order valence-corrected chi connectivity index (χ3v) is 3.50. The molecule has 96 valence electrons. The van der Waals surface area contributed by atoms with Crippen molar-refractivity contribution in [3.8, 4) is 5.69 Å². The van der Waals surface area contributed by atoms with E-state index in [9.17, 15) is 4.39 Å². The number of aromatic amines is 1. The van der Waals surface area contributed by atoms with Gasteiger partial charge in [0, 0.05) is 0 Å². The van der Waals surface area contributed by atoms with Crippen LogP contribution in [-0.2, 0) is 0 Å². The van der Waals surface area contributed by atoms with E-state index >= 15 is 0 Å². The first-order valence-corrected chi connectivity index (χ1v) is 6.45. The maximum Gasteiger partial charge on any atom is 0.182 e. The van der Waals surface area contributed by atoms with Crippen molar-refractivity contribution in [2.75, 3.05) is 0 Å². The van der Waals surface area contributed by atoms with Crippen LogP contribution in [0.3, 0.4) is 0 Å². The van der Waals surface area contributed by atoms with Gasteiger partial charge in [0.2, 0.25) is 0 Å². The van der Waals surface area contributed by atoms with E-state index in [2.05, 4.69) is 4.98 Å². The first kappa shape index (κ1) is 12.1. The number of nitrogens with one attached hydrogen (secondary N) is 1. The average Bonchev–Trinajstić information content (AvgIpc) is 2.65. The van der Waals surface area contributed by atoms with Crippen LogP contribution < -0.4 is 0 Å². The maximum absolute atomic E-state index is 13.6. The lowest BCUT2D eigenvalue weighted by atomic mass is 10.2. The number of imidazole rings is 1. The fraction of sp³-hybridized carbons (Fsp3) is 0.133. The molecule has 0 saturated carbocycles. The molecule has 1 aromatic heterocycles. The van der Waals surface area contributed by atoms with Crippen molar-refractivity contribution >= 4 is 23.3 Å². The Bertz CT molecular complexity index is 810. The zero-order chi connectivity index (χ0) is 13.6. The van der Waals surface area contributed by atoms with Gasteiger partial charge in [-0.25, -0.2) is 4.39 Å². The number of halogens is 1. The standard InChI is InChI=1S/C15H13FN2S/c1-9-6-11(16)8-12(7-9)18-13-5-3-4-10(2)14(13)17-15(18)19/h3-8H,1-2H3,(H,17,19). The fourth-order valence-electron chi connectivity index (χ4n) is 2.38. The largest absolute Gasteiger partial charge is 0.330 e. The van der Waals surface area contributed by atoms with E-state index in [0.29, 0.717) is 4.77 Å². The monoisotopic (exact) mass is 272 g/mol. The third kappa shape index (κ3) is 1.98. The van der Waals surface area contributed by atoms with E-state index < -0.39 is 0 Å². The average molecular weight is 272 g/mol. The van der Waals surface area contributed by atoms with Crippen molar-refractivity contribution in [2.24, 2.45) is 0 Å². The van der Waals surface area contributed by atoms with Gasteiger partial charge in [0.1, 0.15) is 5.82 Å². The summed E-state index contributed by atoms with van der Waals surface area (Å²) in [7, 11) is 0. The molecular weight excluding hydrogens is 259 g/mol. The molecule has 0 aliphatic rings. The molecule has 0 atom stereocenters. The van der Waals surface area contributed by atoms with Gasteiger partial charge in [0.25, 0.3) is 0 Å². The molecule has 0 spiro atoms. The highest BCUT2D eigenvalue weighted by atomic mass is 32.1. The predicted molar refractivity (Wildman–Crippen MR) is 77.9 cm³/mol. The van der Waals surface area contributed by atoms with Crippen molar-refractivity contribution in [3.05, 3.63) is 58.1 Å². The minimum absolute atomic E-state index is 0.251. The smallest absolute Gasteiger partial charge is 0.182 e. The molecule has 0 bridgehead atoms. The van der Waals surface area contributed by atoms with E-state index in [0.717, 1.165) is 27.8 Å². The summed E-state index contributed by atoms with van der Waals surface area (Å²) in [4.78, 5) is 3.19. The molecule has 3 aromatic rings. The molecule has 0 aliphatic carbocycles. The molecule has 2 aromatic carbocycles. The molecule has 0 fully saturated rings. The number of rotatable bonds is 1. The number of hydrogen-bond acceptors (Lipinski definition) is 1. The van der Waals surface area contributed by atoms with E-state index in [4.69, 9.17) is 12.2 Å². The number of aryl methyl sites for hydroxylation is 2. The van der Waals surface area contributed by atoms with Crippen LogP contribution >= 0.6 is 12.2 Å². The molecule has 0 unspecified atom stereocenters. The quantitative estimate of drug-likeness (QED) is 0.649. The second-order valence-corrected chi connectivity index (χ2v) is 5.11. The number of nitrogens with zero attached hydrogens (tertiary/aromatic N) is 1. The molecule has 2 nitrogen and oxygen atoms in total. The summed E-state index contributed by atoms with van der Waals surface area (Å²) in [5, 5.41) is 0. The summed E-state index contributed by atoms with van der Waals surface area (Å²) in [6.45, 7) is 3.89. The van der Waals surface area contributed by atoms with E-state index in [1.807, 2.05) is 42.7 Å². The van der Waals surface area contributed by atoms with Crippen LogP contribution in [0.5, 0.6) is 0 Å². The lowest BCUT2D eigenvalue weighted by Gasteiger charge is -2.06. The van der Waals surface area contributed by atoms with Gasteiger partial charge in [-0.15, -0.1) is 0 Å². The zero-order valence-electron chi connectivity index (χ0n) is 10.7. The molecule has 0 radical (unpaired) electrons. The molecule has 19 heavy (non-hydrogen) atoms. The third-order valence-electron chi connectivity index (χ3n) is 3.21. The van der Waals surface area contributed by atoms with Gasteiger partial charge in [-0.3, -0.25) is 4.57 Å². The Balaban J connectivity index is 2.39. The van der Waals surface area contributed by atoms with Crippen LogP contribution in [0.1, 0.15) is 11.1 Å². The van der Waals surface area contributed by atoms with Crippen molar-refractivity contribution in [3.63, 3.8) is 0 Å².